The van der Waals surface area contributed by atoms with Crippen molar-refractivity contribution in [1.82, 2.24) is 10.2 Å². The van der Waals surface area contributed by atoms with Gasteiger partial charge in [0.2, 0.25) is 0 Å². The monoisotopic (exact) mass is 221 g/mol. The minimum atomic E-state index is -1.03. The molecule has 1 aromatic carbocycles. The molecule has 1 heterocycles. The molecular weight excluding hydrogens is 214 g/mol. The summed E-state index contributed by atoms with van der Waals surface area (Å²) in [5, 5.41) is 26.1. The van der Waals surface area contributed by atoms with Crippen LogP contribution in [0.15, 0.2) is 18.3 Å². The van der Waals surface area contributed by atoms with Gasteiger partial charge in [-0.25, -0.2) is 0 Å². The van der Waals surface area contributed by atoms with Crippen LogP contribution in [-0.2, 0) is 11.2 Å². The lowest BCUT2D eigenvalue weighted by molar-refractivity contribution is -0.383. The Bertz CT molecular complexity index is 575. The Morgan fingerprint density at radius 1 is 1.56 bits per heavy atom. The minimum absolute atomic E-state index is 0.161. The zero-order valence-corrected chi connectivity index (χ0v) is 8.01. The number of benzene rings is 1. The van der Waals surface area contributed by atoms with Crippen LogP contribution in [0.3, 0.4) is 0 Å². The lowest BCUT2D eigenvalue weighted by Gasteiger charge is -1.98. The number of aliphatic carboxylic acids is 1. The molecule has 2 rings (SSSR count). The molecule has 0 bridgehead atoms. The highest BCUT2D eigenvalue weighted by molar-refractivity contribution is 5.88. The summed E-state index contributed by atoms with van der Waals surface area (Å²) >= 11 is 0. The number of nitrogens with zero attached hydrogens (tertiary/aromatic N) is 2. The van der Waals surface area contributed by atoms with Gasteiger partial charge in [0.1, 0.15) is 5.52 Å². The Morgan fingerprint density at radius 2 is 2.31 bits per heavy atom. The standard InChI is InChI=1S/C9H7N3O4/c13-8(14)3-5-1-6-4-10-11-9(6)7(2-5)12(15)16/h1-2,4H,3H2,(H,10,11)(H,13,14). The first kappa shape index (κ1) is 10.1. The van der Waals surface area contributed by atoms with E-state index in [0.717, 1.165) is 0 Å². The number of H-pyrrole nitrogens is 1. The third-order valence-corrected chi connectivity index (χ3v) is 2.14. The molecule has 2 aromatic rings. The number of fused-ring (bicyclic) bond motifs is 1. The van der Waals surface area contributed by atoms with Crippen molar-refractivity contribution >= 4 is 22.6 Å². The average Bonchev–Trinajstić information content (AvgIpc) is 2.62. The van der Waals surface area contributed by atoms with Crippen molar-refractivity contribution in [2.45, 2.75) is 6.42 Å². The number of hydrogen-bond acceptors (Lipinski definition) is 4. The maximum Gasteiger partial charge on any atom is 0.307 e. The third kappa shape index (κ3) is 1.70. The first-order chi connectivity index (χ1) is 7.58. The van der Waals surface area contributed by atoms with Crippen molar-refractivity contribution in [1.29, 1.82) is 0 Å². The Kier molecular flexibility index (Phi) is 2.28. The zero-order valence-electron chi connectivity index (χ0n) is 8.01. The summed E-state index contributed by atoms with van der Waals surface area (Å²) in [5.41, 5.74) is 0.526. The first-order valence-electron chi connectivity index (χ1n) is 4.40. The van der Waals surface area contributed by atoms with Crippen LogP contribution in [0.25, 0.3) is 10.9 Å². The summed E-state index contributed by atoms with van der Waals surface area (Å²) in [4.78, 5) is 20.7. The highest BCUT2D eigenvalue weighted by Gasteiger charge is 2.16. The van der Waals surface area contributed by atoms with Gasteiger partial charge >= 0.3 is 5.97 Å². The summed E-state index contributed by atoms with van der Waals surface area (Å²) in [6.45, 7) is 0. The van der Waals surface area contributed by atoms with Gasteiger partial charge in [0.15, 0.2) is 0 Å². The van der Waals surface area contributed by atoms with Crippen molar-refractivity contribution < 1.29 is 14.8 Å². The topological polar surface area (TPSA) is 109 Å². The predicted molar refractivity (Wildman–Crippen MR) is 54.1 cm³/mol. The quantitative estimate of drug-likeness (QED) is 0.595. The number of nitro benzene ring substituents is 1. The number of rotatable bonds is 3. The molecule has 1 aromatic heterocycles. The molecule has 0 fully saturated rings. The number of carboxylic acids is 1. The molecule has 0 saturated carbocycles. The first-order valence-corrected chi connectivity index (χ1v) is 4.40. The summed E-state index contributed by atoms with van der Waals surface area (Å²) in [6, 6.07) is 2.81. The summed E-state index contributed by atoms with van der Waals surface area (Å²) in [6.07, 6.45) is 1.18. The average molecular weight is 221 g/mol. The van der Waals surface area contributed by atoms with E-state index < -0.39 is 10.9 Å². The van der Waals surface area contributed by atoms with E-state index in [2.05, 4.69) is 10.2 Å². The molecule has 0 unspecified atom stereocenters. The number of carboxylic acid groups (broad SMARTS) is 1. The van der Waals surface area contributed by atoms with Crippen LogP contribution in [0, 0.1) is 10.1 Å². The number of non-ortho nitro benzene ring substituents is 1. The van der Waals surface area contributed by atoms with Crippen molar-refractivity contribution in [3.63, 3.8) is 0 Å². The Balaban J connectivity index is 2.61. The minimum Gasteiger partial charge on any atom is -0.481 e. The largest absolute Gasteiger partial charge is 0.481 e. The second-order valence-corrected chi connectivity index (χ2v) is 3.28. The fourth-order valence-electron chi connectivity index (χ4n) is 1.52. The second-order valence-electron chi connectivity index (χ2n) is 3.28. The summed E-state index contributed by atoms with van der Waals surface area (Å²) < 4.78 is 0. The highest BCUT2D eigenvalue weighted by Crippen LogP contribution is 2.25. The molecule has 7 nitrogen and oxygen atoms in total. The van der Waals surface area contributed by atoms with Crippen molar-refractivity contribution in [3.8, 4) is 0 Å². The molecule has 0 amide bonds. The molecule has 7 heteroatoms. The fraction of sp³-hybridized carbons (Fsp3) is 0.111. The van der Waals surface area contributed by atoms with Crippen LogP contribution in [0.5, 0.6) is 0 Å². The van der Waals surface area contributed by atoms with Crippen LogP contribution in [0.1, 0.15) is 5.56 Å². The SMILES string of the molecule is O=C(O)Cc1cc([N+](=O)[O-])c2[nH]ncc2c1. The van der Waals surface area contributed by atoms with E-state index in [1.54, 1.807) is 6.07 Å². The van der Waals surface area contributed by atoms with Crippen molar-refractivity contribution in [2.75, 3.05) is 0 Å². The van der Waals surface area contributed by atoms with E-state index in [-0.39, 0.29) is 12.1 Å². The van der Waals surface area contributed by atoms with Crippen molar-refractivity contribution in [2.24, 2.45) is 0 Å². The lowest BCUT2D eigenvalue weighted by Crippen LogP contribution is -2.01. The highest BCUT2D eigenvalue weighted by atomic mass is 16.6. The number of hydrogen-bond donors (Lipinski definition) is 2. The van der Waals surface area contributed by atoms with Gasteiger partial charge in [-0.15, -0.1) is 0 Å². The van der Waals surface area contributed by atoms with Gasteiger partial charge in [-0.05, 0) is 11.6 Å². The smallest absolute Gasteiger partial charge is 0.307 e. The van der Waals surface area contributed by atoms with E-state index in [0.29, 0.717) is 16.5 Å². The van der Waals surface area contributed by atoms with Gasteiger partial charge in [0.25, 0.3) is 5.69 Å². The zero-order chi connectivity index (χ0) is 11.7. The van der Waals surface area contributed by atoms with E-state index in [4.69, 9.17) is 5.11 Å². The molecule has 0 aliphatic rings. The Morgan fingerprint density at radius 3 is 2.94 bits per heavy atom. The van der Waals surface area contributed by atoms with Crippen LogP contribution in [0.4, 0.5) is 5.69 Å². The number of nitrogens with one attached hydrogen (secondary N) is 1. The number of nitro groups is 1. The van der Waals surface area contributed by atoms with Gasteiger partial charge in [-0.2, -0.15) is 5.10 Å². The van der Waals surface area contributed by atoms with Crippen LogP contribution < -0.4 is 0 Å². The number of aromatic amines is 1. The Labute approximate surface area is 88.8 Å². The molecule has 0 aliphatic heterocycles. The molecular formula is C9H7N3O4. The second kappa shape index (κ2) is 3.61. The van der Waals surface area contributed by atoms with Gasteiger partial charge in [-0.3, -0.25) is 20.0 Å². The summed E-state index contributed by atoms with van der Waals surface area (Å²) in [7, 11) is 0. The molecule has 16 heavy (non-hydrogen) atoms. The predicted octanol–water partition coefficient (Wildman–Crippen LogP) is 1.10. The van der Waals surface area contributed by atoms with Crippen LogP contribution >= 0.6 is 0 Å². The number of carbonyl (C=O) groups is 1. The van der Waals surface area contributed by atoms with Crippen molar-refractivity contribution in [3.05, 3.63) is 34.0 Å². The number of aromatic nitrogens is 2. The van der Waals surface area contributed by atoms with E-state index in [9.17, 15) is 14.9 Å². The molecule has 2 N–H and O–H groups in total. The summed E-state index contributed by atoms with van der Waals surface area (Å²) in [5.74, 6) is -1.03. The Hall–Kier alpha value is -2.44. The van der Waals surface area contributed by atoms with E-state index >= 15 is 0 Å². The maximum atomic E-state index is 10.8. The van der Waals surface area contributed by atoms with Gasteiger partial charge in [-0.1, -0.05) is 0 Å². The molecule has 0 spiro atoms. The van der Waals surface area contributed by atoms with Crippen LogP contribution in [0.2, 0.25) is 0 Å². The fourth-order valence-corrected chi connectivity index (χ4v) is 1.52. The molecule has 0 radical (unpaired) electrons. The third-order valence-electron chi connectivity index (χ3n) is 2.14. The van der Waals surface area contributed by atoms with E-state index in [1.165, 1.54) is 12.3 Å². The molecule has 0 aliphatic carbocycles. The molecule has 82 valence electrons. The maximum absolute atomic E-state index is 10.8. The van der Waals surface area contributed by atoms with Gasteiger partial charge in [0.05, 0.1) is 17.5 Å². The van der Waals surface area contributed by atoms with E-state index in [1.807, 2.05) is 0 Å². The van der Waals surface area contributed by atoms with Crippen LogP contribution in [-0.4, -0.2) is 26.2 Å². The van der Waals surface area contributed by atoms with Gasteiger partial charge < -0.3 is 5.11 Å². The normalized spacial score (nSPS) is 10.5. The van der Waals surface area contributed by atoms with Gasteiger partial charge in [0, 0.05) is 11.5 Å². The molecule has 0 saturated heterocycles. The lowest BCUT2D eigenvalue weighted by atomic mass is 10.1. The molecule has 0 atom stereocenters.